The molecular weight excluding hydrogens is 339 g/mol. The predicted octanol–water partition coefficient (Wildman–Crippen LogP) is 3.70. The van der Waals surface area contributed by atoms with E-state index < -0.39 is 30.0 Å². The van der Waals surface area contributed by atoms with Crippen LogP contribution in [0, 0.1) is 0 Å². The van der Waals surface area contributed by atoms with Crippen molar-refractivity contribution in [2.75, 3.05) is 0 Å². The maximum Gasteiger partial charge on any atom is 0.407 e. The van der Waals surface area contributed by atoms with E-state index in [9.17, 15) is 14.0 Å². The highest BCUT2D eigenvalue weighted by Crippen LogP contribution is 2.22. The highest BCUT2D eigenvalue weighted by Gasteiger charge is 2.33. The smallest absolute Gasteiger partial charge is 0.407 e. The lowest BCUT2D eigenvalue weighted by atomic mass is 9.89. The molecular formula is C19H27FN2O4. The molecule has 1 aliphatic rings. The zero-order chi connectivity index (χ0) is 19.2. The SMILES string of the molecule is CC(C)(C)OC(=O)N[C@H]1CC[C@H](NC(=O)OCc2ccccc2)[C@H](F)C1. The molecule has 26 heavy (non-hydrogen) atoms. The molecule has 0 bridgehead atoms. The molecule has 0 radical (unpaired) electrons. The summed E-state index contributed by atoms with van der Waals surface area (Å²) in [6.45, 7) is 5.45. The summed E-state index contributed by atoms with van der Waals surface area (Å²) in [7, 11) is 0. The Bertz CT molecular complexity index is 603. The Morgan fingerprint density at radius 1 is 1.12 bits per heavy atom. The average molecular weight is 366 g/mol. The lowest BCUT2D eigenvalue weighted by Crippen LogP contribution is -2.50. The molecule has 1 aromatic carbocycles. The summed E-state index contributed by atoms with van der Waals surface area (Å²) in [4.78, 5) is 23.6. The number of alkyl halides is 1. The summed E-state index contributed by atoms with van der Waals surface area (Å²) in [5.41, 5.74) is 0.269. The normalized spacial score (nSPS) is 23.0. The Hall–Kier alpha value is -2.31. The first-order valence-electron chi connectivity index (χ1n) is 8.84. The first-order valence-corrected chi connectivity index (χ1v) is 8.84. The Balaban J connectivity index is 1.72. The minimum atomic E-state index is -1.26. The molecule has 0 heterocycles. The second-order valence-corrected chi connectivity index (χ2v) is 7.48. The molecule has 3 atom stereocenters. The molecule has 1 aromatic rings. The number of carbonyl (C=O) groups is 2. The van der Waals surface area contributed by atoms with Crippen LogP contribution in [0.1, 0.15) is 45.6 Å². The van der Waals surface area contributed by atoms with Crippen LogP contribution >= 0.6 is 0 Å². The summed E-state index contributed by atoms with van der Waals surface area (Å²) in [5, 5.41) is 5.25. The van der Waals surface area contributed by atoms with Gasteiger partial charge in [-0.25, -0.2) is 14.0 Å². The van der Waals surface area contributed by atoms with E-state index in [1.807, 2.05) is 30.3 Å². The van der Waals surface area contributed by atoms with Crippen LogP contribution in [0.5, 0.6) is 0 Å². The van der Waals surface area contributed by atoms with Crippen LogP contribution in [0.2, 0.25) is 0 Å². The molecule has 6 nitrogen and oxygen atoms in total. The minimum absolute atomic E-state index is 0.128. The summed E-state index contributed by atoms with van der Waals surface area (Å²) in [6, 6.07) is 8.35. The quantitative estimate of drug-likeness (QED) is 0.852. The standard InChI is InChI=1S/C19H27FN2O4/c1-19(2,3)26-18(24)21-14-9-10-16(15(20)11-14)22-17(23)25-12-13-7-5-4-6-8-13/h4-8,14-16H,9-12H2,1-3H3,(H,21,24)(H,22,23)/t14-,15+,16-/m0/s1. The van der Waals surface area contributed by atoms with E-state index in [0.717, 1.165) is 5.56 Å². The summed E-state index contributed by atoms with van der Waals surface area (Å²) < 4.78 is 24.6. The van der Waals surface area contributed by atoms with E-state index in [2.05, 4.69) is 10.6 Å². The fourth-order valence-electron chi connectivity index (χ4n) is 2.80. The third-order valence-corrected chi connectivity index (χ3v) is 4.01. The van der Waals surface area contributed by atoms with Crippen LogP contribution in [0.25, 0.3) is 0 Å². The molecule has 2 amide bonds. The molecule has 0 aromatic heterocycles. The van der Waals surface area contributed by atoms with E-state index in [4.69, 9.17) is 9.47 Å². The third kappa shape index (κ3) is 6.90. The third-order valence-electron chi connectivity index (χ3n) is 4.01. The molecule has 0 aliphatic heterocycles. The highest BCUT2D eigenvalue weighted by molar-refractivity contribution is 5.68. The van der Waals surface area contributed by atoms with Crippen molar-refractivity contribution in [3.63, 3.8) is 0 Å². The Labute approximate surface area is 153 Å². The number of ether oxygens (including phenoxy) is 2. The number of rotatable bonds is 4. The van der Waals surface area contributed by atoms with E-state index in [0.29, 0.717) is 12.8 Å². The van der Waals surface area contributed by atoms with Crippen molar-refractivity contribution in [1.82, 2.24) is 10.6 Å². The lowest BCUT2D eigenvalue weighted by Gasteiger charge is -2.32. The maximum absolute atomic E-state index is 14.3. The van der Waals surface area contributed by atoms with Gasteiger partial charge in [-0.05, 0) is 39.2 Å². The number of halogens is 1. The molecule has 2 N–H and O–H groups in total. The number of alkyl carbamates (subject to hydrolysis) is 2. The van der Waals surface area contributed by atoms with Gasteiger partial charge >= 0.3 is 12.2 Å². The van der Waals surface area contributed by atoms with Crippen LogP contribution < -0.4 is 10.6 Å². The van der Waals surface area contributed by atoms with Gasteiger partial charge < -0.3 is 20.1 Å². The van der Waals surface area contributed by atoms with E-state index in [1.54, 1.807) is 20.8 Å². The average Bonchev–Trinajstić information content (AvgIpc) is 2.55. The van der Waals surface area contributed by atoms with Gasteiger partial charge in [0.1, 0.15) is 18.4 Å². The second kappa shape index (κ2) is 8.87. The van der Waals surface area contributed by atoms with Gasteiger partial charge in [-0.1, -0.05) is 30.3 Å². The van der Waals surface area contributed by atoms with Crippen molar-refractivity contribution in [3.05, 3.63) is 35.9 Å². The van der Waals surface area contributed by atoms with Crippen molar-refractivity contribution in [1.29, 1.82) is 0 Å². The highest BCUT2D eigenvalue weighted by atomic mass is 19.1. The summed E-state index contributed by atoms with van der Waals surface area (Å²) in [5.74, 6) is 0. The van der Waals surface area contributed by atoms with Crippen LogP contribution in [0.3, 0.4) is 0 Å². The number of hydrogen-bond acceptors (Lipinski definition) is 4. The first kappa shape index (κ1) is 20.0. The molecule has 1 saturated carbocycles. The largest absolute Gasteiger partial charge is 0.445 e. The fourth-order valence-corrected chi connectivity index (χ4v) is 2.80. The molecule has 144 valence electrons. The zero-order valence-corrected chi connectivity index (χ0v) is 15.5. The molecule has 1 fully saturated rings. The molecule has 7 heteroatoms. The van der Waals surface area contributed by atoms with Gasteiger partial charge in [-0.15, -0.1) is 0 Å². The Kier molecular flexibility index (Phi) is 6.83. The van der Waals surface area contributed by atoms with Gasteiger partial charge in [-0.3, -0.25) is 0 Å². The van der Waals surface area contributed by atoms with Gasteiger partial charge in [0, 0.05) is 12.5 Å². The number of benzene rings is 1. The molecule has 0 spiro atoms. The number of carbonyl (C=O) groups excluding carboxylic acids is 2. The van der Waals surface area contributed by atoms with Gasteiger partial charge in [-0.2, -0.15) is 0 Å². The van der Waals surface area contributed by atoms with Crippen molar-refractivity contribution in [3.8, 4) is 0 Å². The van der Waals surface area contributed by atoms with Crippen LogP contribution in [0.15, 0.2) is 30.3 Å². The Morgan fingerprint density at radius 2 is 1.81 bits per heavy atom. The van der Waals surface area contributed by atoms with Crippen LogP contribution in [-0.2, 0) is 16.1 Å². The van der Waals surface area contributed by atoms with Gasteiger partial charge in [0.2, 0.25) is 0 Å². The van der Waals surface area contributed by atoms with Crippen molar-refractivity contribution in [2.45, 2.75) is 70.5 Å². The Morgan fingerprint density at radius 3 is 2.42 bits per heavy atom. The monoisotopic (exact) mass is 366 g/mol. The zero-order valence-electron chi connectivity index (χ0n) is 15.5. The molecule has 0 saturated heterocycles. The predicted molar refractivity (Wildman–Crippen MR) is 95.5 cm³/mol. The van der Waals surface area contributed by atoms with E-state index in [1.165, 1.54) is 0 Å². The number of nitrogens with one attached hydrogen (secondary N) is 2. The first-order chi connectivity index (χ1) is 12.2. The fraction of sp³-hybridized carbons (Fsp3) is 0.579. The van der Waals surface area contributed by atoms with Crippen molar-refractivity contribution >= 4 is 12.2 Å². The second-order valence-electron chi connectivity index (χ2n) is 7.48. The topological polar surface area (TPSA) is 76.7 Å². The summed E-state index contributed by atoms with van der Waals surface area (Å²) in [6.07, 6.45) is -1.34. The van der Waals surface area contributed by atoms with Gasteiger partial charge in [0.25, 0.3) is 0 Å². The van der Waals surface area contributed by atoms with Gasteiger partial charge in [0.15, 0.2) is 0 Å². The van der Waals surface area contributed by atoms with Crippen molar-refractivity contribution in [2.24, 2.45) is 0 Å². The van der Waals surface area contributed by atoms with Gasteiger partial charge in [0.05, 0.1) is 6.04 Å². The van der Waals surface area contributed by atoms with E-state index in [-0.39, 0.29) is 19.1 Å². The minimum Gasteiger partial charge on any atom is -0.445 e. The van der Waals surface area contributed by atoms with Crippen LogP contribution in [-0.4, -0.2) is 36.0 Å². The molecule has 1 aliphatic carbocycles. The van der Waals surface area contributed by atoms with Crippen molar-refractivity contribution < 1.29 is 23.5 Å². The maximum atomic E-state index is 14.3. The lowest BCUT2D eigenvalue weighted by molar-refractivity contribution is 0.0464. The van der Waals surface area contributed by atoms with Crippen LogP contribution in [0.4, 0.5) is 14.0 Å². The number of hydrogen-bond donors (Lipinski definition) is 2. The number of amides is 2. The van der Waals surface area contributed by atoms with E-state index >= 15 is 0 Å². The molecule has 0 unspecified atom stereocenters. The summed E-state index contributed by atoms with van der Waals surface area (Å²) >= 11 is 0. The molecule has 2 rings (SSSR count).